The van der Waals surface area contributed by atoms with Crippen molar-refractivity contribution in [3.8, 4) is 0 Å². The number of rotatable bonds is 0. The van der Waals surface area contributed by atoms with Crippen LogP contribution in [-0.4, -0.2) is 21.2 Å². The maximum absolute atomic E-state index is 12.1. The molecule has 8 atom stereocenters. The van der Waals surface area contributed by atoms with Crippen LogP contribution in [0.25, 0.3) is 0 Å². The van der Waals surface area contributed by atoms with Crippen molar-refractivity contribution in [2.75, 3.05) is 0 Å². The number of hydrogen-bond acceptors (Lipinski definition) is 2. The lowest BCUT2D eigenvalue weighted by Gasteiger charge is -2.25. The van der Waals surface area contributed by atoms with Gasteiger partial charge >= 0.3 is 0 Å². The standard InChI is InChI=1S/C11H10Br2O2/c12-8-4-2-1-3-5(4)9(13)11(15)7(3)6(2)10(8)14/h2-9H,1H2/t2-,3-,4-,5-,6-,7+,8+,9-/m0/s1. The molecule has 0 amide bonds. The van der Waals surface area contributed by atoms with E-state index in [0.29, 0.717) is 35.2 Å². The summed E-state index contributed by atoms with van der Waals surface area (Å²) in [7, 11) is 0. The van der Waals surface area contributed by atoms with Crippen molar-refractivity contribution in [2.45, 2.75) is 16.1 Å². The first kappa shape index (κ1) is 9.34. The van der Waals surface area contributed by atoms with Crippen molar-refractivity contribution >= 4 is 43.4 Å². The monoisotopic (exact) mass is 332 g/mol. The topological polar surface area (TPSA) is 34.1 Å². The van der Waals surface area contributed by atoms with Gasteiger partial charge < -0.3 is 0 Å². The van der Waals surface area contributed by atoms with E-state index in [1.807, 2.05) is 0 Å². The molecule has 4 aliphatic rings. The summed E-state index contributed by atoms with van der Waals surface area (Å²) in [6.07, 6.45) is 1.12. The fourth-order valence-electron chi connectivity index (χ4n) is 4.85. The van der Waals surface area contributed by atoms with Gasteiger partial charge in [-0.05, 0) is 30.1 Å². The van der Waals surface area contributed by atoms with Crippen molar-refractivity contribution < 1.29 is 9.59 Å². The Hall–Kier alpha value is 0.300. The Bertz CT molecular complexity index is 358. The number of fused-ring (bicyclic) bond motifs is 2. The molecule has 0 aromatic carbocycles. The molecule has 4 rings (SSSR count). The van der Waals surface area contributed by atoms with Crippen LogP contribution in [0.5, 0.6) is 0 Å². The zero-order chi connectivity index (χ0) is 10.5. The van der Waals surface area contributed by atoms with E-state index in [2.05, 4.69) is 31.9 Å². The molecule has 0 aromatic rings. The Kier molecular flexibility index (Phi) is 1.61. The van der Waals surface area contributed by atoms with Crippen molar-refractivity contribution in [2.24, 2.45) is 35.5 Å². The van der Waals surface area contributed by atoms with Crippen molar-refractivity contribution in [1.82, 2.24) is 0 Å². The van der Waals surface area contributed by atoms with Crippen LogP contribution in [0, 0.1) is 35.5 Å². The predicted molar refractivity (Wildman–Crippen MR) is 61.0 cm³/mol. The highest BCUT2D eigenvalue weighted by Crippen LogP contribution is 2.70. The SMILES string of the molecule is O=C1[C@@H]2[C@H]3C[C@@H]4[C@@H]2C(=O)[C@H](Br)[C@@H]4[C@H]3[C@@H]1Br. The van der Waals surface area contributed by atoms with E-state index in [1.54, 1.807) is 0 Å². The number of carbonyl (C=O) groups is 2. The second kappa shape index (κ2) is 2.58. The fraction of sp³-hybridized carbons (Fsp3) is 0.818. The van der Waals surface area contributed by atoms with Crippen LogP contribution in [-0.2, 0) is 9.59 Å². The summed E-state index contributed by atoms with van der Waals surface area (Å²) in [5, 5.41) is 0. The molecule has 0 N–H and O–H groups in total. The van der Waals surface area contributed by atoms with Crippen LogP contribution in [0.2, 0.25) is 0 Å². The molecular formula is C11H10Br2O2. The summed E-state index contributed by atoms with van der Waals surface area (Å²) in [5.41, 5.74) is 0. The van der Waals surface area contributed by atoms with Gasteiger partial charge in [0.1, 0.15) is 0 Å². The first-order chi connectivity index (χ1) is 7.13. The van der Waals surface area contributed by atoms with Gasteiger partial charge in [-0.1, -0.05) is 31.9 Å². The highest BCUT2D eigenvalue weighted by molar-refractivity contribution is 9.10. The lowest BCUT2D eigenvalue weighted by atomic mass is 9.79. The molecule has 2 bridgehead atoms. The molecule has 4 fully saturated rings. The molecule has 4 aliphatic carbocycles. The third-order valence-corrected chi connectivity index (χ3v) is 7.29. The van der Waals surface area contributed by atoms with Crippen LogP contribution in [0.15, 0.2) is 0 Å². The maximum Gasteiger partial charge on any atom is 0.150 e. The van der Waals surface area contributed by atoms with Gasteiger partial charge in [-0.15, -0.1) is 0 Å². The van der Waals surface area contributed by atoms with Gasteiger partial charge in [0.15, 0.2) is 11.6 Å². The van der Waals surface area contributed by atoms with Crippen LogP contribution in [0.3, 0.4) is 0 Å². The van der Waals surface area contributed by atoms with Gasteiger partial charge in [0, 0.05) is 11.8 Å². The summed E-state index contributed by atoms with van der Waals surface area (Å²) in [6, 6.07) is 0. The molecule has 0 saturated heterocycles. The van der Waals surface area contributed by atoms with Gasteiger partial charge in [-0.3, -0.25) is 9.59 Å². The first-order valence-electron chi connectivity index (χ1n) is 5.48. The lowest BCUT2D eigenvalue weighted by Crippen LogP contribution is -2.29. The molecule has 0 spiro atoms. The van der Waals surface area contributed by atoms with E-state index in [1.165, 1.54) is 0 Å². The summed E-state index contributed by atoms with van der Waals surface area (Å²) in [6.45, 7) is 0. The van der Waals surface area contributed by atoms with E-state index in [4.69, 9.17) is 0 Å². The van der Waals surface area contributed by atoms with Gasteiger partial charge in [0.05, 0.1) is 9.65 Å². The van der Waals surface area contributed by atoms with E-state index in [0.717, 1.165) is 6.42 Å². The number of carbonyl (C=O) groups excluding carboxylic acids is 2. The van der Waals surface area contributed by atoms with Crippen LogP contribution < -0.4 is 0 Å². The lowest BCUT2D eigenvalue weighted by molar-refractivity contribution is -0.128. The van der Waals surface area contributed by atoms with Gasteiger partial charge in [0.2, 0.25) is 0 Å². The summed E-state index contributed by atoms with van der Waals surface area (Å²) in [5.74, 6) is 2.63. The van der Waals surface area contributed by atoms with E-state index < -0.39 is 0 Å². The molecule has 0 heterocycles. The van der Waals surface area contributed by atoms with Crippen LogP contribution >= 0.6 is 31.9 Å². The minimum absolute atomic E-state index is 0.0284. The number of ketones is 2. The molecule has 4 saturated carbocycles. The molecule has 80 valence electrons. The Morgan fingerprint density at radius 1 is 0.867 bits per heavy atom. The average molecular weight is 334 g/mol. The summed E-state index contributed by atoms with van der Waals surface area (Å²) in [4.78, 5) is 24.2. The van der Waals surface area contributed by atoms with E-state index in [9.17, 15) is 9.59 Å². The summed E-state index contributed by atoms with van der Waals surface area (Å²) >= 11 is 7.09. The highest BCUT2D eigenvalue weighted by Gasteiger charge is 2.74. The quantitative estimate of drug-likeness (QED) is 0.633. The first-order valence-corrected chi connectivity index (χ1v) is 7.31. The minimum Gasteiger partial charge on any atom is -0.298 e. The second-order valence-electron chi connectivity index (χ2n) is 5.38. The highest BCUT2D eigenvalue weighted by atomic mass is 79.9. The third kappa shape index (κ3) is 0.791. The molecule has 15 heavy (non-hydrogen) atoms. The molecule has 0 radical (unpaired) electrons. The van der Waals surface area contributed by atoms with Crippen LogP contribution in [0.4, 0.5) is 0 Å². The number of halogens is 2. The molecule has 0 aliphatic heterocycles. The Morgan fingerprint density at radius 2 is 1.27 bits per heavy atom. The van der Waals surface area contributed by atoms with Crippen molar-refractivity contribution in [3.63, 3.8) is 0 Å². The van der Waals surface area contributed by atoms with Crippen LogP contribution in [0.1, 0.15) is 6.42 Å². The Morgan fingerprint density at radius 3 is 1.67 bits per heavy atom. The minimum atomic E-state index is 0.0284. The smallest absolute Gasteiger partial charge is 0.150 e. The average Bonchev–Trinajstić information content (AvgIpc) is 2.85. The van der Waals surface area contributed by atoms with Gasteiger partial charge in [-0.2, -0.15) is 0 Å². The zero-order valence-corrected chi connectivity index (χ0v) is 11.1. The zero-order valence-electron chi connectivity index (χ0n) is 7.90. The molecular weight excluding hydrogens is 324 g/mol. The predicted octanol–water partition coefficient (Wildman–Crippen LogP) is 1.79. The normalized spacial score (nSPS) is 64.7. The number of alkyl halides is 2. The Balaban J connectivity index is 1.93. The largest absolute Gasteiger partial charge is 0.298 e. The number of hydrogen-bond donors (Lipinski definition) is 0. The molecule has 0 aromatic heterocycles. The van der Waals surface area contributed by atoms with Crippen molar-refractivity contribution in [3.05, 3.63) is 0 Å². The molecule has 2 nitrogen and oxygen atoms in total. The van der Waals surface area contributed by atoms with Gasteiger partial charge in [-0.25, -0.2) is 0 Å². The van der Waals surface area contributed by atoms with E-state index in [-0.39, 0.29) is 21.5 Å². The second-order valence-corrected chi connectivity index (χ2v) is 7.35. The van der Waals surface area contributed by atoms with Crippen molar-refractivity contribution in [1.29, 1.82) is 0 Å². The van der Waals surface area contributed by atoms with Gasteiger partial charge in [0.25, 0.3) is 0 Å². The van der Waals surface area contributed by atoms with E-state index >= 15 is 0 Å². The molecule has 4 heteroatoms. The fourth-order valence-corrected chi connectivity index (χ4v) is 6.95. The maximum atomic E-state index is 12.1. The third-order valence-electron chi connectivity index (χ3n) is 5.16. The Labute approximate surface area is 104 Å². The molecule has 0 unspecified atom stereocenters. The number of Topliss-reactive ketones (excluding diaryl/α,β-unsaturated/α-hetero) is 2. The summed E-state index contributed by atoms with van der Waals surface area (Å²) < 4.78 is 0.